The predicted octanol–water partition coefficient (Wildman–Crippen LogP) is 3.40. The van der Waals surface area contributed by atoms with Gasteiger partial charge in [-0.2, -0.15) is 0 Å². The molecule has 0 saturated heterocycles. The van der Waals surface area contributed by atoms with Crippen LogP contribution in [0.1, 0.15) is 17.3 Å². The molecule has 5 heteroatoms. The van der Waals surface area contributed by atoms with Gasteiger partial charge in [0.1, 0.15) is 5.75 Å². The fraction of sp³-hybridized carbons (Fsp3) is 0.133. The number of hydrogen-bond acceptors (Lipinski definition) is 3. The van der Waals surface area contributed by atoms with Crippen molar-refractivity contribution < 1.29 is 9.90 Å². The second kappa shape index (κ2) is 5.96. The van der Waals surface area contributed by atoms with Gasteiger partial charge in [-0.1, -0.05) is 6.07 Å². The largest absolute Gasteiger partial charge is 0.507 e. The van der Waals surface area contributed by atoms with Gasteiger partial charge in [-0.3, -0.25) is 4.79 Å². The molecule has 0 heterocycles. The minimum atomic E-state index is -0.180. The first-order valence-corrected chi connectivity index (χ1v) is 6.98. The van der Waals surface area contributed by atoms with Crippen molar-refractivity contribution in [3.05, 3.63) is 52.5 Å². The monoisotopic (exact) mass is 334 g/mol. The van der Waals surface area contributed by atoms with E-state index >= 15 is 0 Å². The number of rotatable bonds is 3. The van der Waals surface area contributed by atoms with Crippen LogP contribution in [0.25, 0.3) is 0 Å². The van der Waals surface area contributed by atoms with Crippen LogP contribution < -0.4 is 10.6 Å². The molecule has 0 aromatic heterocycles. The number of nitrogens with two attached hydrogens (primary N) is 1. The summed E-state index contributed by atoms with van der Waals surface area (Å²) in [4.78, 5) is 14.1. The van der Waals surface area contributed by atoms with Crippen LogP contribution in [-0.2, 0) is 0 Å². The Morgan fingerprint density at radius 1 is 1.30 bits per heavy atom. The van der Waals surface area contributed by atoms with Gasteiger partial charge >= 0.3 is 0 Å². The van der Waals surface area contributed by atoms with Crippen molar-refractivity contribution >= 4 is 33.2 Å². The summed E-state index contributed by atoms with van der Waals surface area (Å²) in [5.74, 6) is -0.139. The molecule has 0 spiro atoms. The quantitative estimate of drug-likeness (QED) is 0.845. The van der Waals surface area contributed by atoms with Crippen LogP contribution in [0.3, 0.4) is 0 Å². The maximum Gasteiger partial charge on any atom is 0.258 e. The Bertz CT molecular complexity index is 644. The summed E-state index contributed by atoms with van der Waals surface area (Å²) in [7, 11) is 0. The highest BCUT2D eigenvalue weighted by Gasteiger charge is 2.17. The molecular formula is C15H15BrN2O2. The molecule has 104 valence electrons. The molecule has 3 N–H and O–H groups in total. The maximum atomic E-state index is 12.5. The molecule has 2 aromatic carbocycles. The third-order valence-electron chi connectivity index (χ3n) is 2.94. The van der Waals surface area contributed by atoms with Crippen LogP contribution in [0.15, 0.2) is 46.9 Å². The van der Waals surface area contributed by atoms with E-state index in [1.165, 1.54) is 6.07 Å². The Kier molecular flexibility index (Phi) is 4.29. The van der Waals surface area contributed by atoms with Gasteiger partial charge in [-0.25, -0.2) is 0 Å². The first-order chi connectivity index (χ1) is 9.52. The smallest absolute Gasteiger partial charge is 0.258 e. The van der Waals surface area contributed by atoms with Gasteiger partial charge in [0.25, 0.3) is 5.91 Å². The van der Waals surface area contributed by atoms with Crippen LogP contribution in [0.2, 0.25) is 0 Å². The van der Waals surface area contributed by atoms with Gasteiger partial charge in [0.2, 0.25) is 0 Å². The molecule has 0 saturated carbocycles. The van der Waals surface area contributed by atoms with Crippen molar-refractivity contribution in [1.82, 2.24) is 0 Å². The van der Waals surface area contributed by atoms with Gasteiger partial charge in [0.15, 0.2) is 0 Å². The first kappa shape index (κ1) is 14.4. The van der Waals surface area contributed by atoms with Crippen LogP contribution >= 0.6 is 15.9 Å². The Morgan fingerprint density at radius 2 is 2.05 bits per heavy atom. The minimum Gasteiger partial charge on any atom is -0.507 e. The molecule has 0 radical (unpaired) electrons. The number of benzene rings is 2. The van der Waals surface area contributed by atoms with E-state index in [1.54, 1.807) is 35.2 Å². The van der Waals surface area contributed by atoms with E-state index in [0.717, 1.165) is 5.69 Å². The van der Waals surface area contributed by atoms with Crippen LogP contribution in [0.4, 0.5) is 11.4 Å². The zero-order valence-electron chi connectivity index (χ0n) is 11.0. The van der Waals surface area contributed by atoms with Crippen molar-refractivity contribution in [3.8, 4) is 5.75 Å². The summed E-state index contributed by atoms with van der Waals surface area (Å²) >= 11 is 3.20. The lowest BCUT2D eigenvalue weighted by Crippen LogP contribution is -2.30. The number of anilines is 2. The molecule has 2 rings (SSSR count). The molecule has 1 amide bonds. The first-order valence-electron chi connectivity index (χ1n) is 6.19. The number of phenols is 1. The van der Waals surface area contributed by atoms with Crippen LogP contribution in [0, 0.1) is 0 Å². The molecule has 0 atom stereocenters. The molecule has 0 aliphatic rings. The van der Waals surface area contributed by atoms with E-state index in [9.17, 15) is 9.90 Å². The Morgan fingerprint density at radius 3 is 2.65 bits per heavy atom. The average Bonchev–Trinajstić information content (AvgIpc) is 2.42. The molecule has 4 nitrogen and oxygen atoms in total. The molecule has 2 aromatic rings. The minimum absolute atomic E-state index is 0.0412. The number of carbonyl (C=O) groups excluding carboxylic acids is 1. The van der Waals surface area contributed by atoms with Crippen molar-refractivity contribution in [1.29, 1.82) is 0 Å². The summed E-state index contributed by atoms with van der Waals surface area (Å²) in [5, 5.41) is 9.68. The number of nitrogens with zero attached hydrogens (tertiary/aromatic N) is 1. The summed E-state index contributed by atoms with van der Waals surface area (Å²) in [5.41, 5.74) is 7.52. The zero-order valence-corrected chi connectivity index (χ0v) is 12.6. The lowest BCUT2D eigenvalue weighted by atomic mass is 10.1. The third-order valence-corrected chi connectivity index (χ3v) is 3.61. The van der Waals surface area contributed by atoms with E-state index < -0.39 is 0 Å². The average molecular weight is 335 g/mol. The van der Waals surface area contributed by atoms with Crippen molar-refractivity contribution in [2.45, 2.75) is 6.92 Å². The van der Waals surface area contributed by atoms with E-state index in [4.69, 9.17) is 5.73 Å². The summed E-state index contributed by atoms with van der Waals surface area (Å²) < 4.78 is 0.557. The third kappa shape index (κ3) is 2.93. The fourth-order valence-corrected chi connectivity index (χ4v) is 2.18. The number of amides is 1. The van der Waals surface area contributed by atoms with Crippen molar-refractivity contribution in [2.75, 3.05) is 17.2 Å². The van der Waals surface area contributed by atoms with Crippen LogP contribution in [-0.4, -0.2) is 17.6 Å². The summed E-state index contributed by atoms with van der Waals surface area (Å²) in [6.07, 6.45) is 0. The van der Waals surface area contributed by atoms with Gasteiger partial charge in [0, 0.05) is 23.5 Å². The zero-order chi connectivity index (χ0) is 14.7. The van der Waals surface area contributed by atoms with Gasteiger partial charge < -0.3 is 15.7 Å². The van der Waals surface area contributed by atoms with Gasteiger partial charge in [-0.05, 0) is 59.3 Å². The lowest BCUT2D eigenvalue weighted by Gasteiger charge is -2.21. The van der Waals surface area contributed by atoms with Gasteiger partial charge in [-0.15, -0.1) is 0 Å². The summed E-state index contributed by atoms with van der Waals surface area (Å²) in [6.45, 7) is 2.40. The topological polar surface area (TPSA) is 66.6 Å². The Hall–Kier alpha value is -2.01. The number of aromatic hydroxyl groups is 1. The predicted molar refractivity (Wildman–Crippen MR) is 84.0 cm³/mol. The Balaban J connectivity index is 2.36. The number of nitrogen functional groups attached to an aromatic ring is 1. The fourth-order valence-electron chi connectivity index (χ4n) is 1.94. The van der Waals surface area contributed by atoms with E-state index in [-0.39, 0.29) is 11.7 Å². The normalized spacial score (nSPS) is 10.3. The highest BCUT2D eigenvalue weighted by Crippen LogP contribution is 2.26. The number of phenolic OH excluding ortho intramolecular Hbond substituents is 1. The molecular weight excluding hydrogens is 320 g/mol. The summed E-state index contributed by atoms with van der Waals surface area (Å²) in [6, 6.07) is 11.9. The number of carbonyl (C=O) groups is 1. The maximum absolute atomic E-state index is 12.5. The van der Waals surface area contributed by atoms with Gasteiger partial charge in [0.05, 0.1) is 4.47 Å². The second-order valence-corrected chi connectivity index (χ2v) is 5.16. The molecule has 0 aliphatic heterocycles. The molecule has 20 heavy (non-hydrogen) atoms. The van der Waals surface area contributed by atoms with Crippen molar-refractivity contribution in [2.24, 2.45) is 0 Å². The highest BCUT2D eigenvalue weighted by molar-refractivity contribution is 9.10. The number of halogens is 1. The second-order valence-electron chi connectivity index (χ2n) is 4.31. The standard InChI is InChI=1S/C15H15BrN2O2/c1-2-18(12-5-3-4-11(17)9-12)15(20)10-6-7-13(16)14(19)8-10/h3-9,19H,2,17H2,1H3. The van der Waals surface area contributed by atoms with E-state index in [2.05, 4.69) is 15.9 Å². The molecule has 0 aliphatic carbocycles. The highest BCUT2D eigenvalue weighted by atomic mass is 79.9. The van der Waals surface area contributed by atoms with E-state index in [0.29, 0.717) is 22.3 Å². The van der Waals surface area contributed by atoms with Crippen molar-refractivity contribution in [3.63, 3.8) is 0 Å². The molecule has 0 bridgehead atoms. The number of hydrogen-bond donors (Lipinski definition) is 2. The van der Waals surface area contributed by atoms with E-state index in [1.807, 2.05) is 13.0 Å². The Labute approximate surface area is 126 Å². The molecule has 0 fully saturated rings. The van der Waals surface area contributed by atoms with Crippen LogP contribution in [0.5, 0.6) is 5.75 Å². The SMILES string of the molecule is CCN(C(=O)c1ccc(Br)c(O)c1)c1cccc(N)c1. The lowest BCUT2D eigenvalue weighted by molar-refractivity contribution is 0.0988. The molecule has 0 unspecified atom stereocenters.